The summed E-state index contributed by atoms with van der Waals surface area (Å²) in [4.78, 5) is 0. The van der Waals surface area contributed by atoms with Crippen molar-refractivity contribution in [2.24, 2.45) is 0 Å². The third-order valence-corrected chi connectivity index (χ3v) is 5.03. The first-order chi connectivity index (χ1) is 6.65. The van der Waals surface area contributed by atoms with Crippen LogP contribution in [0.25, 0.3) is 0 Å². The molecule has 0 aliphatic heterocycles. The fraction of sp³-hybridized carbons (Fsp3) is 0.667. The minimum Gasteiger partial charge on any atom is -0.221 e. The van der Waals surface area contributed by atoms with E-state index in [1.54, 1.807) is 0 Å². The number of nitrogens with zero attached hydrogens (tertiary/aromatic N) is 2. The van der Waals surface area contributed by atoms with Crippen molar-refractivity contribution in [2.45, 2.75) is 29.6 Å². The second-order valence-corrected chi connectivity index (χ2v) is 6.62. The first kappa shape index (κ1) is 12.4. The average Bonchev–Trinajstić information content (AvgIpc) is 2.50. The van der Waals surface area contributed by atoms with Gasteiger partial charge in [0.1, 0.15) is 0 Å². The molecule has 0 aromatic carbocycles. The van der Waals surface area contributed by atoms with E-state index in [1.807, 2.05) is 0 Å². The number of hydrogen-bond acceptors (Lipinski definition) is 5. The van der Waals surface area contributed by atoms with Gasteiger partial charge >= 0.3 is 6.18 Å². The Hall–Kier alpha value is -0.700. The van der Waals surface area contributed by atoms with Crippen molar-refractivity contribution in [2.75, 3.05) is 0 Å². The Bertz CT molecular complexity index is 449. The van der Waals surface area contributed by atoms with Crippen LogP contribution >= 0.6 is 11.3 Å². The van der Waals surface area contributed by atoms with Gasteiger partial charge in [0, 0.05) is 0 Å². The first-order valence-corrected chi connectivity index (χ1v) is 6.16. The molecule has 0 radical (unpaired) electrons. The van der Waals surface area contributed by atoms with E-state index in [-0.39, 0.29) is 11.3 Å². The van der Waals surface area contributed by atoms with Crippen LogP contribution in [-0.4, -0.2) is 23.9 Å². The Kier molecular flexibility index (Phi) is 3.06. The second kappa shape index (κ2) is 3.71. The summed E-state index contributed by atoms with van der Waals surface area (Å²) in [5.74, 6) is 0. The topological polar surface area (TPSA) is 59.9 Å². The molecule has 0 N–H and O–H groups in total. The van der Waals surface area contributed by atoms with Crippen LogP contribution in [0.5, 0.6) is 0 Å². The molecule has 0 unspecified atom stereocenters. The minimum atomic E-state index is -4.65. The first-order valence-electron chi connectivity index (χ1n) is 3.80. The zero-order valence-corrected chi connectivity index (χ0v) is 9.37. The van der Waals surface area contributed by atoms with Gasteiger partial charge in [-0.05, 0) is 13.8 Å². The largest absolute Gasteiger partial charge is 0.445 e. The van der Waals surface area contributed by atoms with Gasteiger partial charge in [-0.3, -0.25) is 0 Å². The van der Waals surface area contributed by atoms with Crippen LogP contribution in [0.4, 0.5) is 13.2 Å². The molecule has 0 amide bonds. The Morgan fingerprint density at radius 3 is 2.13 bits per heavy atom. The second-order valence-electron chi connectivity index (χ2n) is 2.96. The molecule has 1 rings (SSSR count). The highest BCUT2D eigenvalue weighted by molar-refractivity contribution is 7.93. The number of halogens is 3. The molecule has 0 saturated heterocycles. The van der Waals surface area contributed by atoms with Crippen molar-refractivity contribution in [1.29, 1.82) is 0 Å². The minimum absolute atomic E-state index is 0.0399. The molecule has 4 nitrogen and oxygen atoms in total. The van der Waals surface area contributed by atoms with Crippen molar-refractivity contribution < 1.29 is 21.6 Å². The van der Waals surface area contributed by atoms with Crippen molar-refractivity contribution in [3.63, 3.8) is 0 Å². The zero-order valence-electron chi connectivity index (χ0n) is 7.74. The van der Waals surface area contributed by atoms with Gasteiger partial charge in [0.05, 0.1) is 5.25 Å². The summed E-state index contributed by atoms with van der Waals surface area (Å²) >= 11 is 0.0399. The molecule has 1 aromatic rings. The SMILES string of the molecule is CC(C)S(=O)(=O)c1nnc(C(F)(F)F)s1. The van der Waals surface area contributed by atoms with Crippen molar-refractivity contribution in [3.05, 3.63) is 5.01 Å². The molecule has 1 aromatic heterocycles. The molecular weight excluding hydrogens is 253 g/mol. The van der Waals surface area contributed by atoms with Crippen LogP contribution in [0.1, 0.15) is 18.9 Å². The standard InChI is InChI=1S/C6H7F3N2O2S2/c1-3(2)15(12,13)5-11-10-4(14-5)6(7,8)9/h3H,1-2H3. The lowest BCUT2D eigenvalue weighted by atomic mass is 10.6. The third-order valence-electron chi connectivity index (χ3n) is 1.51. The van der Waals surface area contributed by atoms with Crippen LogP contribution in [0.2, 0.25) is 0 Å². The van der Waals surface area contributed by atoms with Gasteiger partial charge < -0.3 is 0 Å². The molecular formula is C6H7F3N2O2S2. The number of alkyl halides is 3. The lowest BCUT2D eigenvalue weighted by Gasteiger charge is -2.01. The van der Waals surface area contributed by atoms with Crippen molar-refractivity contribution in [1.82, 2.24) is 10.2 Å². The lowest BCUT2D eigenvalue weighted by molar-refractivity contribution is -0.138. The van der Waals surface area contributed by atoms with Gasteiger partial charge in [-0.15, -0.1) is 10.2 Å². The molecule has 9 heteroatoms. The van der Waals surface area contributed by atoms with Crippen LogP contribution in [0.3, 0.4) is 0 Å². The summed E-state index contributed by atoms with van der Waals surface area (Å²) < 4.78 is 58.5. The fourth-order valence-corrected chi connectivity index (χ4v) is 2.92. The maximum Gasteiger partial charge on any atom is 0.445 e. The Morgan fingerprint density at radius 1 is 1.27 bits per heavy atom. The molecule has 0 aliphatic carbocycles. The normalized spacial score (nSPS) is 13.5. The molecule has 0 bridgehead atoms. The van der Waals surface area contributed by atoms with E-state index >= 15 is 0 Å². The van der Waals surface area contributed by atoms with E-state index < -0.39 is 30.6 Å². The fourth-order valence-electron chi connectivity index (χ4n) is 0.641. The Labute approximate surface area is 88.1 Å². The highest BCUT2D eigenvalue weighted by Gasteiger charge is 2.37. The predicted molar refractivity (Wildman–Crippen MR) is 47.2 cm³/mol. The molecule has 1 heterocycles. The molecule has 86 valence electrons. The van der Waals surface area contributed by atoms with Crippen LogP contribution in [0.15, 0.2) is 4.34 Å². The highest BCUT2D eigenvalue weighted by Crippen LogP contribution is 2.33. The average molecular weight is 260 g/mol. The summed E-state index contributed by atoms with van der Waals surface area (Å²) in [6.07, 6.45) is -4.65. The zero-order chi connectivity index (χ0) is 11.9. The van der Waals surface area contributed by atoms with Gasteiger partial charge in [-0.25, -0.2) is 8.42 Å². The number of hydrogen-bond donors (Lipinski definition) is 0. The quantitative estimate of drug-likeness (QED) is 0.812. The van der Waals surface area contributed by atoms with Crippen molar-refractivity contribution in [3.8, 4) is 0 Å². The molecule has 0 fully saturated rings. The molecule has 0 saturated carbocycles. The van der Waals surface area contributed by atoms with Gasteiger partial charge in [-0.2, -0.15) is 13.2 Å². The maximum atomic E-state index is 12.1. The van der Waals surface area contributed by atoms with E-state index in [4.69, 9.17) is 0 Å². The number of aromatic nitrogens is 2. The Balaban J connectivity index is 3.16. The summed E-state index contributed by atoms with van der Waals surface area (Å²) in [6.45, 7) is 2.73. The highest BCUT2D eigenvalue weighted by atomic mass is 32.2. The molecule has 0 atom stereocenters. The van der Waals surface area contributed by atoms with E-state index in [0.29, 0.717) is 0 Å². The molecule has 0 spiro atoms. The number of sulfone groups is 1. The van der Waals surface area contributed by atoms with E-state index in [1.165, 1.54) is 13.8 Å². The predicted octanol–water partition coefficient (Wildman–Crippen LogP) is 1.74. The van der Waals surface area contributed by atoms with Crippen LogP contribution < -0.4 is 0 Å². The van der Waals surface area contributed by atoms with Crippen molar-refractivity contribution >= 4 is 21.2 Å². The van der Waals surface area contributed by atoms with Gasteiger partial charge in [0.2, 0.25) is 19.2 Å². The monoisotopic (exact) mass is 260 g/mol. The maximum absolute atomic E-state index is 12.1. The van der Waals surface area contributed by atoms with E-state index in [0.717, 1.165) is 0 Å². The van der Waals surface area contributed by atoms with E-state index in [9.17, 15) is 21.6 Å². The third kappa shape index (κ3) is 2.46. The van der Waals surface area contributed by atoms with Gasteiger partial charge in [-0.1, -0.05) is 11.3 Å². The van der Waals surface area contributed by atoms with Crippen LogP contribution in [-0.2, 0) is 16.0 Å². The summed E-state index contributed by atoms with van der Waals surface area (Å²) in [5, 5.41) is 3.77. The smallest absolute Gasteiger partial charge is 0.221 e. The molecule has 0 aliphatic rings. The lowest BCUT2D eigenvalue weighted by Crippen LogP contribution is -2.13. The van der Waals surface area contributed by atoms with Crippen LogP contribution in [0, 0.1) is 0 Å². The molecule has 15 heavy (non-hydrogen) atoms. The van der Waals surface area contributed by atoms with Gasteiger partial charge in [0.15, 0.2) is 0 Å². The van der Waals surface area contributed by atoms with E-state index in [2.05, 4.69) is 10.2 Å². The number of rotatable bonds is 2. The Morgan fingerprint density at radius 2 is 1.80 bits per heavy atom. The van der Waals surface area contributed by atoms with Gasteiger partial charge in [0.25, 0.3) is 0 Å². The summed E-state index contributed by atoms with van der Waals surface area (Å²) in [5.41, 5.74) is 0. The summed E-state index contributed by atoms with van der Waals surface area (Å²) in [7, 11) is -3.77. The summed E-state index contributed by atoms with van der Waals surface area (Å²) in [6, 6.07) is 0.